The van der Waals surface area contributed by atoms with E-state index < -0.39 is 0 Å². The highest BCUT2D eigenvalue weighted by Crippen LogP contribution is 2.14. The molecule has 1 aromatic carbocycles. The maximum Gasteiger partial charge on any atom is 0.233 e. The first-order valence-corrected chi connectivity index (χ1v) is 6.33. The van der Waals surface area contributed by atoms with Crippen molar-refractivity contribution in [2.24, 2.45) is 0 Å². The Morgan fingerprint density at radius 1 is 1.06 bits per heavy atom. The molecule has 0 amide bonds. The van der Waals surface area contributed by atoms with E-state index in [1.807, 2.05) is 55.4 Å². The van der Waals surface area contributed by atoms with Gasteiger partial charge in [0, 0.05) is 24.6 Å². The highest BCUT2D eigenvalue weighted by atomic mass is 79.9. The molecule has 0 fully saturated rings. The van der Waals surface area contributed by atoms with Crippen LogP contribution in [0, 0.1) is 0 Å². The number of anilines is 1. The second-order valence-corrected chi connectivity index (χ2v) is 4.96. The minimum absolute atomic E-state index is 0.489. The van der Waals surface area contributed by atoms with Crippen LogP contribution in [0.1, 0.15) is 5.56 Å². The van der Waals surface area contributed by atoms with Crippen molar-refractivity contribution >= 4 is 21.7 Å². The van der Waals surface area contributed by atoms with Crippen LogP contribution in [0.5, 0.6) is 5.88 Å². The Kier molecular flexibility index (Phi) is 4.15. The van der Waals surface area contributed by atoms with Crippen LogP contribution in [0.3, 0.4) is 0 Å². The van der Waals surface area contributed by atoms with Crippen LogP contribution in [0.25, 0.3) is 0 Å². The average molecular weight is 308 g/mol. The van der Waals surface area contributed by atoms with Gasteiger partial charge in [-0.05, 0) is 23.8 Å². The molecule has 2 rings (SSSR count). The van der Waals surface area contributed by atoms with Gasteiger partial charge in [0.15, 0.2) is 5.82 Å². The second kappa shape index (κ2) is 5.82. The van der Waals surface area contributed by atoms with Gasteiger partial charge in [-0.1, -0.05) is 28.1 Å². The Bertz CT molecular complexity index is 497. The van der Waals surface area contributed by atoms with Gasteiger partial charge in [-0.25, -0.2) is 0 Å². The fourth-order valence-corrected chi connectivity index (χ4v) is 1.63. The Labute approximate surface area is 115 Å². The molecule has 0 spiro atoms. The molecule has 18 heavy (non-hydrogen) atoms. The lowest BCUT2D eigenvalue weighted by atomic mass is 10.2. The number of aromatic nitrogens is 2. The Hall–Kier alpha value is -1.62. The highest BCUT2D eigenvalue weighted by molar-refractivity contribution is 9.10. The van der Waals surface area contributed by atoms with Crippen molar-refractivity contribution in [1.29, 1.82) is 0 Å². The molecule has 0 aliphatic carbocycles. The van der Waals surface area contributed by atoms with Gasteiger partial charge in [0.25, 0.3) is 0 Å². The topological polar surface area (TPSA) is 38.2 Å². The number of ether oxygens (including phenoxy) is 1. The van der Waals surface area contributed by atoms with Gasteiger partial charge in [-0.3, -0.25) is 0 Å². The Morgan fingerprint density at radius 2 is 1.78 bits per heavy atom. The van der Waals surface area contributed by atoms with Crippen LogP contribution in [0.15, 0.2) is 40.9 Å². The summed E-state index contributed by atoms with van der Waals surface area (Å²) in [6, 6.07) is 11.7. The van der Waals surface area contributed by atoms with Gasteiger partial charge in [0.1, 0.15) is 6.61 Å². The van der Waals surface area contributed by atoms with E-state index in [0.717, 1.165) is 15.9 Å². The predicted octanol–water partition coefficient (Wildman–Crippen LogP) is 2.88. The number of rotatable bonds is 4. The third kappa shape index (κ3) is 3.43. The van der Waals surface area contributed by atoms with Crippen molar-refractivity contribution in [2.75, 3.05) is 19.0 Å². The van der Waals surface area contributed by atoms with Gasteiger partial charge in [-0.15, -0.1) is 10.2 Å². The molecule has 2 aromatic rings. The van der Waals surface area contributed by atoms with Crippen LogP contribution in [0.2, 0.25) is 0 Å². The zero-order valence-corrected chi connectivity index (χ0v) is 11.9. The third-order valence-electron chi connectivity index (χ3n) is 2.38. The summed E-state index contributed by atoms with van der Waals surface area (Å²) in [5, 5.41) is 8.06. The molecular weight excluding hydrogens is 294 g/mol. The normalized spacial score (nSPS) is 10.2. The first-order chi connectivity index (χ1) is 8.65. The maximum absolute atomic E-state index is 5.56. The SMILES string of the molecule is CN(C)c1ccc(OCc2ccc(Br)cc2)nn1. The molecule has 0 bridgehead atoms. The van der Waals surface area contributed by atoms with Crippen LogP contribution >= 0.6 is 15.9 Å². The second-order valence-electron chi connectivity index (χ2n) is 4.04. The van der Waals surface area contributed by atoms with Gasteiger partial charge < -0.3 is 9.64 Å². The molecule has 0 N–H and O–H groups in total. The number of hydrogen-bond donors (Lipinski definition) is 0. The molecule has 0 unspecified atom stereocenters. The van der Waals surface area contributed by atoms with Crippen molar-refractivity contribution in [3.05, 3.63) is 46.4 Å². The lowest BCUT2D eigenvalue weighted by Gasteiger charge is -2.10. The largest absolute Gasteiger partial charge is 0.472 e. The first-order valence-electron chi connectivity index (χ1n) is 5.53. The van der Waals surface area contributed by atoms with E-state index in [1.165, 1.54) is 0 Å². The van der Waals surface area contributed by atoms with E-state index in [0.29, 0.717) is 12.5 Å². The molecule has 1 heterocycles. The van der Waals surface area contributed by atoms with Crippen LogP contribution in [-0.2, 0) is 6.61 Å². The summed E-state index contributed by atoms with van der Waals surface area (Å²) >= 11 is 3.40. The molecule has 5 heteroatoms. The molecule has 1 aromatic heterocycles. The van der Waals surface area contributed by atoms with Gasteiger partial charge in [0.2, 0.25) is 5.88 Å². The van der Waals surface area contributed by atoms with E-state index in [2.05, 4.69) is 26.1 Å². The van der Waals surface area contributed by atoms with Gasteiger partial charge in [0.05, 0.1) is 0 Å². The number of nitrogens with zero attached hydrogens (tertiary/aromatic N) is 3. The molecule has 0 aliphatic rings. The van der Waals surface area contributed by atoms with E-state index in [9.17, 15) is 0 Å². The number of halogens is 1. The lowest BCUT2D eigenvalue weighted by molar-refractivity contribution is 0.290. The fraction of sp³-hybridized carbons (Fsp3) is 0.231. The molecule has 4 nitrogen and oxygen atoms in total. The van der Waals surface area contributed by atoms with Crippen molar-refractivity contribution in [3.63, 3.8) is 0 Å². The van der Waals surface area contributed by atoms with E-state index in [1.54, 1.807) is 0 Å². The van der Waals surface area contributed by atoms with Crippen molar-refractivity contribution in [3.8, 4) is 5.88 Å². The quantitative estimate of drug-likeness (QED) is 0.870. The summed E-state index contributed by atoms with van der Waals surface area (Å²) in [6.07, 6.45) is 0. The van der Waals surface area contributed by atoms with Crippen LogP contribution in [0.4, 0.5) is 5.82 Å². The Balaban J connectivity index is 1.95. The maximum atomic E-state index is 5.56. The monoisotopic (exact) mass is 307 g/mol. The molecule has 0 aliphatic heterocycles. The summed E-state index contributed by atoms with van der Waals surface area (Å²) in [6.45, 7) is 0.489. The van der Waals surface area contributed by atoms with Crippen molar-refractivity contribution < 1.29 is 4.74 Å². The number of hydrogen-bond acceptors (Lipinski definition) is 4. The average Bonchev–Trinajstić information content (AvgIpc) is 2.38. The van der Waals surface area contributed by atoms with Crippen molar-refractivity contribution in [1.82, 2.24) is 10.2 Å². The zero-order valence-electron chi connectivity index (χ0n) is 10.3. The summed E-state index contributed by atoms with van der Waals surface area (Å²) in [5.41, 5.74) is 1.09. The zero-order chi connectivity index (χ0) is 13.0. The molecule has 0 radical (unpaired) electrons. The van der Waals surface area contributed by atoms with Gasteiger partial charge >= 0.3 is 0 Å². The minimum Gasteiger partial charge on any atom is -0.472 e. The van der Waals surface area contributed by atoms with E-state index >= 15 is 0 Å². The van der Waals surface area contributed by atoms with Gasteiger partial charge in [-0.2, -0.15) is 0 Å². The lowest BCUT2D eigenvalue weighted by Crippen LogP contribution is -2.11. The first kappa shape index (κ1) is 12.8. The predicted molar refractivity (Wildman–Crippen MR) is 74.8 cm³/mol. The minimum atomic E-state index is 0.489. The van der Waals surface area contributed by atoms with Crippen LogP contribution in [-0.4, -0.2) is 24.3 Å². The third-order valence-corrected chi connectivity index (χ3v) is 2.91. The van der Waals surface area contributed by atoms with Crippen LogP contribution < -0.4 is 9.64 Å². The smallest absolute Gasteiger partial charge is 0.233 e. The van der Waals surface area contributed by atoms with E-state index in [4.69, 9.17) is 4.74 Å². The fourth-order valence-electron chi connectivity index (χ4n) is 1.37. The summed E-state index contributed by atoms with van der Waals surface area (Å²) < 4.78 is 6.62. The Morgan fingerprint density at radius 3 is 2.33 bits per heavy atom. The highest BCUT2D eigenvalue weighted by Gasteiger charge is 2.01. The summed E-state index contributed by atoms with van der Waals surface area (Å²) in [4.78, 5) is 1.89. The summed E-state index contributed by atoms with van der Waals surface area (Å²) in [5.74, 6) is 1.34. The number of benzene rings is 1. The standard InChI is InChI=1S/C13H14BrN3O/c1-17(2)12-7-8-13(16-15-12)18-9-10-3-5-11(14)6-4-10/h3-8H,9H2,1-2H3. The summed E-state index contributed by atoms with van der Waals surface area (Å²) in [7, 11) is 3.85. The molecular formula is C13H14BrN3O. The molecule has 94 valence electrons. The molecule has 0 saturated carbocycles. The molecule has 0 atom stereocenters. The molecule has 0 saturated heterocycles. The van der Waals surface area contributed by atoms with Crippen molar-refractivity contribution in [2.45, 2.75) is 6.61 Å². The van der Waals surface area contributed by atoms with E-state index in [-0.39, 0.29) is 0 Å².